The molecule has 0 aliphatic carbocycles. The number of hydrogen-bond acceptors (Lipinski definition) is 3. The first-order valence-corrected chi connectivity index (χ1v) is 9.16. The highest BCUT2D eigenvalue weighted by molar-refractivity contribution is 5.74. The van der Waals surface area contributed by atoms with Crippen molar-refractivity contribution in [3.63, 3.8) is 0 Å². The average molecular weight is 353 g/mol. The molecule has 1 heterocycles. The van der Waals surface area contributed by atoms with E-state index in [4.69, 9.17) is 4.74 Å². The first-order chi connectivity index (χ1) is 12.7. The van der Waals surface area contributed by atoms with Crippen LogP contribution in [0, 0.1) is 0 Å². The summed E-state index contributed by atoms with van der Waals surface area (Å²) in [5.74, 6) is 0.892. The molecule has 2 aromatic rings. The molecule has 0 saturated carbocycles. The van der Waals surface area contributed by atoms with E-state index >= 15 is 0 Å². The number of nitrogens with zero attached hydrogens (tertiary/aromatic N) is 2. The highest BCUT2D eigenvalue weighted by Gasteiger charge is 2.20. The van der Waals surface area contributed by atoms with Crippen LogP contribution in [0.3, 0.4) is 0 Å². The molecule has 5 nitrogen and oxygen atoms in total. The van der Waals surface area contributed by atoms with E-state index < -0.39 is 0 Å². The Bertz CT molecular complexity index is 680. The number of methoxy groups -OCH3 is 1. The predicted molar refractivity (Wildman–Crippen MR) is 103 cm³/mol. The number of benzene rings is 2. The summed E-state index contributed by atoms with van der Waals surface area (Å²) in [6.45, 7) is 5.01. The lowest BCUT2D eigenvalue weighted by Gasteiger charge is -2.34. The Hall–Kier alpha value is -2.53. The molecule has 2 aromatic carbocycles. The minimum Gasteiger partial charge on any atom is -0.497 e. The van der Waals surface area contributed by atoms with E-state index in [9.17, 15) is 4.79 Å². The third-order valence-corrected chi connectivity index (χ3v) is 4.82. The van der Waals surface area contributed by atoms with Crippen LogP contribution < -0.4 is 10.1 Å². The van der Waals surface area contributed by atoms with E-state index in [-0.39, 0.29) is 6.03 Å². The van der Waals surface area contributed by atoms with Crippen LogP contribution in [0.1, 0.15) is 11.1 Å². The van der Waals surface area contributed by atoms with Crippen molar-refractivity contribution < 1.29 is 9.53 Å². The van der Waals surface area contributed by atoms with Crippen LogP contribution in [-0.2, 0) is 13.0 Å². The fourth-order valence-corrected chi connectivity index (χ4v) is 3.14. The van der Waals surface area contributed by atoms with Gasteiger partial charge in [0.2, 0.25) is 0 Å². The van der Waals surface area contributed by atoms with Gasteiger partial charge in [-0.15, -0.1) is 0 Å². The molecule has 3 rings (SSSR count). The van der Waals surface area contributed by atoms with E-state index in [0.717, 1.165) is 50.5 Å². The number of hydrogen-bond donors (Lipinski definition) is 1. The maximum Gasteiger partial charge on any atom is 0.317 e. The topological polar surface area (TPSA) is 44.8 Å². The quantitative estimate of drug-likeness (QED) is 0.869. The van der Waals surface area contributed by atoms with Gasteiger partial charge in [-0.1, -0.05) is 42.5 Å². The fraction of sp³-hybridized carbons (Fsp3) is 0.381. The molecule has 26 heavy (non-hydrogen) atoms. The molecule has 1 saturated heterocycles. The Morgan fingerprint density at radius 1 is 0.962 bits per heavy atom. The van der Waals surface area contributed by atoms with Crippen LogP contribution in [0.4, 0.5) is 4.79 Å². The maximum atomic E-state index is 12.3. The number of piperazine rings is 1. The minimum atomic E-state index is 0.0312. The predicted octanol–water partition coefficient (Wildman–Crippen LogP) is 2.77. The Morgan fingerprint density at radius 3 is 2.31 bits per heavy atom. The Labute approximate surface area is 155 Å². The zero-order valence-electron chi connectivity index (χ0n) is 15.4. The minimum absolute atomic E-state index is 0.0312. The molecule has 138 valence electrons. The fourth-order valence-electron chi connectivity index (χ4n) is 3.14. The molecular formula is C21H27N3O2. The number of rotatable bonds is 6. The van der Waals surface area contributed by atoms with Crippen molar-refractivity contribution in [2.45, 2.75) is 13.0 Å². The van der Waals surface area contributed by atoms with Crippen LogP contribution in [0.5, 0.6) is 5.75 Å². The van der Waals surface area contributed by atoms with Crippen molar-refractivity contribution in [1.29, 1.82) is 0 Å². The van der Waals surface area contributed by atoms with Gasteiger partial charge < -0.3 is 15.0 Å². The molecule has 0 bridgehead atoms. The summed E-state index contributed by atoms with van der Waals surface area (Å²) in [4.78, 5) is 16.6. The van der Waals surface area contributed by atoms with Crippen LogP contribution in [0.2, 0.25) is 0 Å². The number of carbonyl (C=O) groups is 1. The summed E-state index contributed by atoms with van der Waals surface area (Å²) < 4.78 is 5.19. The zero-order chi connectivity index (χ0) is 18.2. The number of ether oxygens (including phenoxy) is 1. The monoisotopic (exact) mass is 353 g/mol. The SMILES string of the molecule is COc1ccc(CCN2CCN(C(=O)NCc3ccccc3)CC2)cc1. The van der Waals surface area contributed by atoms with E-state index in [1.807, 2.05) is 47.4 Å². The van der Waals surface area contributed by atoms with Crippen molar-refractivity contribution in [1.82, 2.24) is 15.1 Å². The second-order valence-electron chi connectivity index (χ2n) is 6.57. The van der Waals surface area contributed by atoms with E-state index in [0.29, 0.717) is 6.54 Å². The van der Waals surface area contributed by atoms with Gasteiger partial charge >= 0.3 is 6.03 Å². The molecule has 0 radical (unpaired) electrons. The summed E-state index contributed by atoms with van der Waals surface area (Å²) in [6, 6.07) is 18.3. The largest absolute Gasteiger partial charge is 0.497 e. The Balaban J connectivity index is 1.37. The van der Waals surface area contributed by atoms with Crippen molar-refractivity contribution in [2.24, 2.45) is 0 Å². The highest BCUT2D eigenvalue weighted by atomic mass is 16.5. The summed E-state index contributed by atoms with van der Waals surface area (Å²) in [7, 11) is 1.69. The standard InChI is InChI=1S/C21H27N3O2/c1-26-20-9-7-18(8-10-20)11-12-23-13-15-24(16-14-23)21(25)22-17-19-5-3-2-4-6-19/h2-10H,11-17H2,1H3,(H,22,25). The normalized spacial score (nSPS) is 14.9. The van der Waals surface area contributed by atoms with Gasteiger partial charge in [0.05, 0.1) is 7.11 Å². The third-order valence-electron chi connectivity index (χ3n) is 4.82. The highest BCUT2D eigenvalue weighted by Crippen LogP contribution is 2.12. The number of amides is 2. The van der Waals surface area contributed by atoms with Crippen LogP contribution in [-0.4, -0.2) is 55.7 Å². The van der Waals surface area contributed by atoms with Crippen LogP contribution in [0.25, 0.3) is 0 Å². The van der Waals surface area contributed by atoms with Crippen LogP contribution in [0.15, 0.2) is 54.6 Å². The van der Waals surface area contributed by atoms with Crippen molar-refractivity contribution in [3.8, 4) is 5.75 Å². The van der Waals surface area contributed by atoms with Gasteiger partial charge in [-0.2, -0.15) is 0 Å². The third kappa shape index (κ3) is 5.23. The molecule has 1 aliphatic rings. The summed E-state index contributed by atoms with van der Waals surface area (Å²) in [6.07, 6.45) is 1.02. The van der Waals surface area contributed by atoms with Gasteiger partial charge in [0.1, 0.15) is 5.75 Å². The second-order valence-corrected chi connectivity index (χ2v) is 6.57. The van der Waals surface area contributed by atoms with Gasteiger partial charge in [-0.05, 0) is 29.7 Å². The van der Waals surface area contributed by atoms with Gasteiger partial charge in [0, 0.05) is 39.3 Å². The first-order valence-electron chi connectivity index (χ1n) is 9.16. The first kappa shape index (κ1) is 18.3. The molecule has 1 aliphatic heterocycles. The van der Waals surface area contributed by atoms with E-state index in [2.05, 4.69) is 22.3 Å². The molecule has 0 unspecified atom stereocenters. The number of urea groups is 1. The maximum absolute atomic E-state index is 12.3. The lowest BCUT2D eigenvalue weighted by atomic mass is 10.1. The molecule has 0 atom stereocenters. The molecule has 2 amide bonds. The summed E-state index contributed by atoms with van der Waals surface area (Å²) in [5.41, 5.74) is 2.44. The summed E-state index contributed by atoms with van der Waals surface area (Å²) >= 11 is 0. The Morgan fingerprint density at radius 2 is 1.65 bits per heavy atom. The van der Waals surface area contributed by atoms with Crippen molar-refractivity contribution in [3.05, 3.63) is 65.7 Å². The van der Waals surface area contributed by atoms with Gasteiger partial charge in [-0.25, -0.2) is 4.79 Å². The average Bonchev–Trinajstić information content (AvgIpc) is 2.72. The number of carbonyl (C=O) groups excluding carboxylic acids is 1. The van der Waals surface area contributed by atoms with Crippen LogP contribution >= 0.6 is 0 Å². The van der Waals surface area contributed by atoms with E-state index in [1.165, 1.54) is 5.56 Å². The molecule has 0 aromatic heterocycles. The molecule has 0 spiro atoms. The smallest absolute Gasteiger partial charge is 0.317 e. The lowest BCUT2D eigenvalue weighted by molar-refractivity contribution is 0.140. The Kier molecular flexibility index (Phi) is 6.50. The molecule has 5 heteroatoms. The van der Waals surface area contributed by atoms with Gasteiger partial charge in [0.15, 0.2) is 0 Å². The van der Waals surface area contributed by atoms with E-state index in [1.54, 1.807) is 7.11 Å². The lowest BCUT2D eigenvalue weighted by Crippen LogP contribution is -2.51. The number of nitrogens with one attached hydrogen (secondary N) is 1. The van der Waals surface area contributed by atoms with Gasteiger partial charge in [0.25, 0.3) is 0 Å². The molecule has 1 N–H and O–H groups in total. The molecule has 1 fully saturated rings. The van der Waals surface area contributed by atoms with Crippen molar-refractivity contribution in [2.75, 3.05) is 39.8 Å². The zero-order valence-corrected chi connectivity index (χ0v) is 15.4. The second kappa shape index (κ2) is 9.25. The summed E-state index contributed by atoms with van der Waals surface area (Å²) in [5, 5.41) is 3.01. The molecular weight excluding hydrogens is 326 g/mol. The van der Waals surface area contributed by atoms with Gasteiger partial charge in [-0.3, -0.25) is 4.90 Å². The van der Waals surface area contributed by atoms with Crippen molar-refractivity contribution >= 4 is 6.03 Å².